The Morgan fingerprint density at radius 3 is 2.23 bits per heavy atom. The van der Waals surface area contributed by atoms with Crippen LogP contribution in [0.2, 0.25) is 0 Å². The molecule has 0 spiro atoms. The molecule has 1 aromatic carbocycles. The lowest BCUT2D eigenvalue weighted by Crippen LogP contribution is -2.41. The molecule has 0 saturated carbocycles. The number of nitrogens with one attached hydrogen (secondary N) is 1. The second-order valence-corrected chi connectivity index (χ2v) is 11.0. The van der Waals surface area contributed by atoms with Crippen LogP contribution < -0.4 is 5.32 Å². The molecule has 194 valence electrons. The highest BCUT2D eigenvalue weighted by molar-refractivity contribution is 6.07. The monoisotopic (exact) mass is 482 g/mol. The maximum Gasteiger partial charge on any atom is 0.323 e. The molecular formula is C30H46N2O3. The van der Waals surface area contributed by atoms with Crippen LogP contribution in [0.4, 0.5) is 5.69 Å². The fourth-order valence-electron chi connectivity index (χ4n) is 3.53. The molecule has 0 bridgehead atoms. The summed E-state index contributed by atoms with van der Waals surface area (Å²) in [5.41, 5.74) is 5.09. The molecule has 5 nitrogen and oxygen atoms in total. The molecule has 1 N–H and O–H groups in total. The highest BCUT2D eigenvalue weighted by Gasteiger charge is 2.25. The van der Waals surface area contributed by atoms with Gasteiger partial charge in [0.2, 0.25) is 0 Å². The van der Waals surface area contributed by atoms with Crippen molar-refractivity contribution in [3.05, 3.63) is 52.6 Å². The fourth-order valence-corrected chi connectivity index (χ4v) is 3.53. The van der Waals surface area contributed by atoms with Gasteiger partial charge in [-0.3, -0.25) is 14.6 Å². The number of esters is 1. The number of allylic oxidation sites excluding steroid dienone is 4. The first-order valence-electron chi connectivity index (χ1n) is 12.6. The fraction of sp³-hybridized carbons (Fsp3) is 0.567. The topological polar surface area (TPSA) is 67.8 Å². The number of carbonyl (C=O) groups excluding carboxylic acids is 2. The van der Waals surface area contributed by atoms with E-state index in [0.29, 0.717) is 24.5 Å². The Kier molecular flexibility index (Phi) is 11.8. The van der Waals surface area contributed by atoms with Crippen molar-refractivity contribution >= 4 is 23.2 Å². The summed E-state index contributed by atoms with van der Waals surface area (Å²) >= 11 is 0. The van der Waals surface area contributed by atoms with Crippen molar-refractivity contribution in [1.82, 2.24) is 5.32 Å². The summed E-state index contributed by atoms with van der Waals surface area (Å²) in [5, 5.41) is 3.40. The normalized spacial score (nSPS) is 14.5. The van der Waals surface area contributed by atoms with E-state index in [0.717, 1.165) is 28.1 Å². The largest absolute Gasteiger partial charge is 0.459 e. The molecule has 0 fully saturated rings. The van der Waals surface area contributed by atoms with E-state index in [4.69, 9.17) is 9.73 Å². The van der Waals surface area contributed by atoms with Crippen molar-refractivity contribution in [2.75, 3.05) is 0 Å². The number of rotatable bonds is 11. The molecule has 0 aromatic heterocycles. The number of ether oxygens (including phenoxy) is 1. The summed E-state index contributed by atoms with van der Waals surface area (Å²) < 4.78 is 5.64. The van der Waals surface area contributed by atoms with Gasteiger partial charge in [0.1, 0.15) is 11.6 Å². The van der Waals surface area contributed by atoms with Gasteiger partial charge in [-0.05, 0) is 101 Å². The number of Topliss-reactive ketones (excluding diaryl/α,β-unsaturated/α-hetero) is 1. The first kappa shape index (κ1) is 30.5. The van der Waals surface area contributed by atoms with Gasteiger partial charge in [-0.25, -0.2) is 0 Å². The predicted molar refractivity (Wildman–Crippen MR) is 147 cm³/mol. The number of hydrogen-bond donors (Lipinski definition) is 1. The number of aliphatic imine (C=N–C) groups is 1. The van der Waals surface area contributed by atoms with Gasteiger partial charge in [0.25, 0.3) is 0 Å². The third-order valence-corrected chi connectivity index (χ3v) is 5.55. The van der Waals surface area contributed by atoms with Crippen LogP contribution in [0.25, 0.3) is 0 Å². The molecular weight excluding hydrogens is 436 g/mol. The van der Waals surface area contributed by atoms with Gasteiger partial charge < -0.3 is 10.1 Å². The zero-order valence-corrected chi connectivity index (χ0v) is 23.7. The summed E-state index contributed by atoms with van der Waals surface area (Å²) in [7, 11) is 0. The van der Waals surface area contributed by atoms with Crippen LogP contribution in [0.3, 0.4) is 0 Å². The standard InChI is InChI=1S/C30H46N2O3/c1-12-25(16-22(7)23(8)33)28(20(4)5)32-26-17-24(14-13-21(26)6)18-31-27(15-19(2)3)29(34)35-30(9,10)11/h12-14,16-17,19-20,27,31H,15,18H2,1-11H3/b22-16-,25-12+,32-28?. The SMILES string of the molecule is C/C=C(\C=C(\C)C(C)=O)C(=Nc1cc(CNC(CC(C)C)C(=O)OC(C)(C)C)ccc1C)C(C)C. The highest BCUT2D eigenvalue weighted by Crippen LogP contribution is 2.25. The lowest BCUT2D eigenvalue weighted by Gasteiger charge is -2.25. The first-order chi connectivity index (χ1) is 16.1. The zero-order chi connectivity index (χ0) is 26.9. The Morgan fingerprint density at radius 1 is 1.11 bits per heavy atom. The highest BCUT2D eigenvalue weighted by atomic mass is 16.6. The number of benzene rings is 1. The Morgan fingerprint density at radius 2 is 1.74 bits per heavy atom. The van der Waals surface area contributed by atoms with E-state index in [1.54, 1.807) is 6.92 Å². The second-order valence-electron chi connectivity index (χ2n) is 11.0. The van der Waals surface area contributed by atoms with E-state index in [2.05, 4.69) is 51.2 Å². The van der Waals surface area contributed by atoms with Gasteiger partial charge in [0.15, 0.2) is 5.78 Å². The quantitative estimate of drug-likeness (QED) is 0.159. The van der Waals surface area contributed by atoms with Gasteiger partial charge in [0, 0.05) is 6.54 Å². The van der Waals surface area contributed by atoms with E-state index in [9.17, 15) is 9.59 Å². The van der Waals surface area contributed by atoms with Crippen LogP contribution in [-0.4, -0.2) is 29.1 Å². The van der Waals surface area contributed by atoms with E-state index >= 15 is 0 Å². The molecule has 0 amide bonds. The summed E-state index contributed by atoms with van der Waals surface area (Å²) in [5.74, 6) is 0.375. The number of aryl methyl sites for hydroxylation is 1. The molecule has 0 aliphatic rings. The second kappa shape index (κ2) is 13.5. The molecule has 0 radical (unpaired) electrons. The van der Waals surface area contributed by atoms with Gasteiger partial charge in [-0.2, -0.15) is 0 Å². The molecule has 0 heterocycles. The van der Waals surface area contributed by atoms with Crippen LogP contribution in [0.15, 0.2) is 46.5 Å². The minimum Gasteiger partial charge on any atom is -0.459 e. The molecule has 1 unspecified atom stereocenters. The maximum atomic E-state index is 12.8. The molecule has 35 heavy (non-hydrogen) atoms. The molecule has 1 atom stereocenters. The third-order valence-electron chi connectivity index (χ3n) is 5.55. The predicted octanol–water partition coefficient (Wildman–Crippen LogP) is 7.05. The van der Waals surface area contributed by atoms with E-state index in [1.165, 1.54) is 0 Å². The minimum atomic E-state index is -0.521. The van der Waals surface area contributed by atoms with Gasteiger partial charge in [-0.1, -0.05) is 45.9 Å². The first-order valence-corrected chi connectivity index (χ1v) is 12.6. The van der Waals surface area contributed by atoms with Gasteiger partial charge in [0.05, 0.1) is 11.4 Å². The van der Waals surface area contributed by atoms with Crippen LogP contribution in [0, 0.1) is 18.8 Å². The smallest absolute Gasteiger partial charge is 0.323 e. The van der Waals surface area contributed by atoms with Crippen LogP contribution in [0.5, 0.6) is 0 Å². The molecule has 0 saturated heterocycles. The molecule has 1 rings (SSSR count). The van der Waals surface area contributed by atoms with E-state index in [-0.39, 0.29) is 23.7 Å². The summed E-state index contributed by atoms with van der Waals surface area (Å²) in [4.78, 5) is 29.6. The van der Waals surface area contributed by atoms with Crippen molar-refractivity contribution < 1.29 is 14.3 Å². The van der Waals surface area contributed by atoms with Crippen molar-refractivity contribution in [3.8, 4) is 0 Å². The third kappa shape index (κ3) is 10.7. The van der Waals surface area contributed by atoms with Crippen molar-refractivity contribution in [2.24, 2.45) is 16.8 Å². The van der Waals surface area contributed by atoms with Crippen molar-refractivity contribution in [1.29, 1.82) is 0 Å². The van der Waals surface area contributed by atoms with Crippen molar-refractivity contribution in [2.45, 2.75) is 101 Å². The Balaban J connectivity index is 3.26. The lowest BCUT2D eigenvalue weighted by atomic mass is 9.96. The van der Waals surface area contributed by atoms with E-state index < -0.39 is 5.60 Å². The number of hydrogen-bond acceptors (Lipinski definition) is 5. The maximum absolute atomic E-state index is 12.8. The van der Waals surface area contributed by atoms with Crippen LogP contribution in [-0.2, 0) is 20.9 Å². The summed E-state index contributed by atoms with van der Waals surface area (Å²) in [6, 6.07) is 5.82. The van der Waals surface area contributed by atoms with Gasteiger partial charge >= 0.3 is 5.97 Å². The minimum absolute atomic E-state index is 0.0534. The van der Waals surface area contributed by atoms with Crippen molar-refractivity contribution in [3.63, 3.8) is 0 Å². The molecule has 1 aromatic rings. The zero-order valence-electron chi connectivity index (χ0n) is 23.7. The Bertz CT molecular complexity index is 976. The van der Waals surface area contributed by atoms with Crippen LogP contribution >= 0.6 is 0 Å². The molecule has 5 heteroatoms. The Labute approximate surface area is 213 Å². The van der Waals surface area contributed by atoms with E-state index in [1.807, 2.05) is 53.7 Å². The molecule has 0 aliphatic heterocycles. The number of carbonyl (C=O) groups is 2. The average Bonchev–Trinajstić information content (AvgIpc) is 2.73. The van der Waals surface area contributed by atoms with Crippen LogP contribution in [0.1, 0.15) is 86.8 Å². The number of ketones is 1. The summed E-state index contributed by atoms with van der Waals surface area (Å²) in [6.45, 7) is 22.1. The van der Waals surface area contributed by atoms with Gasteiger partial charge in [-0.15, -0.1) is 0 Å². The Hall–Kier alpha value is -2.53. The molecule has 0 aliphatic carbocycles. The number of nitrogens with zero attached hydrogens (tertiary/aromatic N) is 1. The average molecular weight is 483 g/mol. The lowest BCUT2D eigenvalue weighted by molar-refractivity contribution is -0.158. The summed E-state index contributed by atoms with van der Waals surface area (Å²) in [6.07, 6.45) is 4.62.